The minimum atomic E-state index is 0.208. The van der Waals surface area contributed by atoms with Crippen molar-refractivity contribution in [3.05, 3.63) is 0 Å². The largest absolute Gasteiger partial charge is 0.383 e. The predicted octanol–water partition coefficient (Wildman–Crippen LogP) is -0.0659. The Labute approximate surface area is 127 Å². The van der Waals surface area contributed by atoms with Crippen LogP contribution in [0.4, 0.5) is 0 Å². The van der Waals surface area contributed by atoms with Crippen LogP contribution in [0.3, 0.4) is 0 Å². The number of ether oxygens (including phenoxy) is 2. The van der Waals surface area contributed by atoms with Crippen LogP contribution in [0.1, 0.15) is 19.8 Å². The van der Waals surface area contributed by atoms with E-state index < -0.39 is 0 Å². The van der Waals surface area contributed by atoms with Gasteiger partial charge in [-0.25, -0.2) is 0 Å². The van der Waals surface area contributed by atoms with Gasteiger partial charge in [-0.15, -0.1) is 0 Å². The minimum Gasteiger partial charge on any atom is -0.383 e. The molecule has 0 aromatic heterocycles. The van der Waals surface area contributed by atoms with Gasteiger partial charge in [0.25, 0.3) is 0 Å². The summed E-state index contributed by atoms with van der Waals surface area (Å²) in [6.45, 7) is 8.57. The van der Waals surface area contributed by atoms with Gasteiger partial charge < -0.3 is 19.7 Å². The second-order valence-corrected chi connectivity index (χ2v) is 5.96. The monoisotopic (exact) mass is 299 g/mol. The molecular weight excluding hydrogens is 270 g/mol. The fourth-order valence-electron chi connectivity index (χ4n) is 3.14. The zero-order chi connectivity index (χ0) is 15.1. The number of amides is 1. The summed E-state index contributed by atoms with van der Waals surface area (Å²) in [6, 6.07) is 0.613. The lowest BCUT2D eigenvalue weighted by Crippen LogP contribution is -2.52. The van der Waals surface area contributed by atoms with Gasteiger partial charge in [0.1, 0.15) is 0 Å². The quantitative estimate of drug-likeness (QED) is 0.696. The molecule has 1 unspecified atom stereocenters. The Hall–Kier alpha value is -0.690. The number of nitrogens with zero attached hydrogens (tertiary/aromatic N) is 2. The molecule has 2 aliphatic heterocycles. The van der Waals surface area contributed by atoms with E-state index in [1.54, 1.807) is 7.11 Å². The summed E-state index contributed by atoms with van der Waals surface area (Å²) >= 11 is 0. The zero-order valence-corrected chi connectivity index (χ0v) is 13.3. The third-order valence-electron chi connectivity index (χ3n) is 4.37. The van der Waals surface area contributed by atoms with Crippen molar-refractivity contribution in [3.63, 3.8) is 0 Å². The van der Waals surface area contributed by atoms with E-state index in [9.17, 15) is 4.79 Å². The Bertz CT molecular complexity index is 319. The molecule has 2 rings (SSSR count). The molecular formula is C15H29N3O3. The van der Waals surface area contributed by atoms with Gasteiger partial charge in [-0.2, -0.15) is 0 Å². The van der Waals surface area contributed by atoms with E-state index in [1.165, 1.54) is 0 Å². The number of methoxy groups -OCH3 is 1. The minimum absolute atomic E-state index is 0.208. The van der Waals surface area contributed by atoms with Crippen LogP contribution in [-0.2, 0) is 14.3 Å². The van der Waals surface area contributed by atoms with Crippen LogP contribution in [0, 0.1) is 0 Å². The number of likely N-dealkylation sites (tertiary alicyclic amines) is 1. The molecule has 21 heavy (non-hydrogen) atoms. The van der Waals surface area contributed by atoms with E-state index in [4.69, 9.17) is 9.47 Å². The maximum Gasteiger partial charge on any atom is 0.236 e. The van der Waals surface area contributed by atoms with Gasteiger partial charge in [-0.05, 0) is 19.8 Å². The van der Waals surface area contributed by atoms with Gasteiger partial charge in [0.05, 0.1) is 25.9 Å². The first kappa shape index (κ1) is 16.7. The molecule has 0 aliphatic carbocycles. The van der Waals surface area contributed by atoms with Crippen molar-refractivity contribution < 1.29 is 14.3 Å². The second kappa shape index (κ2) is 8.68. The average molecular weight is 299 g/mol. The Morgan fingerprint density at radius 1 is 1.33 bits per heavy atom. The van der Waals surface area contributed by atoms with Crippen LogP contribution in [0.2, 0.25) is 0 Å². The molecule has 0 aromatic rings. The topological polar surface area (TPSA) is 54.0 Å². The molecule has 6 heteroatoms. The second-order valence-electron chi connectivity index (χ2n) is 5.96. The SMILES string of the molecule is COCCNCC(=O)N1CCC(N2CCOC(C)C2)CC1. The maximum atomic E-state index is 12.1. The molecule has 0 bridgehead atoms. The number of piperidine rings is 1. The van der Waals surface area contributed by atoms with Crippen molar-refractivity contribution in [1.82, 2.24) is 15.1 Å². The van der Waals surface area contributed by atoms with E-state index in [0.29, 0.717) is 25.3 Å². The smallest absolute Gasteiger partial charge is 0.236 e. The number of hydrogen-bond donors (Lipinski definition) is 1. The van der Waals surface area contributed by atoms with E-state index in [0.717, 1.165) is 52.2 Å². The van der Waals surface area contributed by atoms with E-state index in [-0.39, 0.29) is 5.91 Å². The zero-order valence-electron chi connectivity index (χ0n) is 13.3. The predicted molar refractivity (Wildman–Crippen MR) is 81.3 cm³/mol. The molecule has 1 N–H and O–H groups in total. The molecule has 2 aliphatic rings. The number of morpholine rings is 1. The maximum absolute atomic E-state index is 12.1. The van der Waals surface area contributed by atoms with Gasteiger partial charge in [0, 0.05) is 45.9 Å². The van der Waals surface area contributed by atoms with Crippen LogP contribution >= 0.6 is 0 Å². The fourth-order valence-corrected chi connectivity index (χ4v) is 3.14. The molecule has 2 saturated heterocycles. The van der Waals surface area contributed by atoms with Gasteiger partial charge in [-0.1, -0.05) is 0 Å². The first-order valence-electron chi connectivity index (χ1n) is 8.03. The van der Waals surface area contributed by atoms with Crippen LogP contribution in [0.15, 0.2) is 0 Å². The van der Waals surface area contributed by atoms with Gasteiger partial charge in [0.2, 0.25) is 5.91 Å². The average Bonchev–Trinajstić information content (AvgIpc) is 2.51. The van der Waals surface area contributed by atoms with Crippen LogP contribution in [0.5, 0.6) is 0 Å². The number of rotatable bonds is 6. The van der Waals surface area contributed by atoms with Crippen LogP contribution < -0.4 is 5.32 Å². The summed E-state index contributed by atoms with van der Waals surface area (Å²) in [5.41, 5.74) is 0. The van der Waals surface area contributed by atoms with Gasteiger partial charge >= 0.3 is 0 Å². The summed E-state index contributed by atoms with van der Waals surface area (Å²) in [7, 11) is 1.67. The molecule has 122 valence electrons. The van der Waals surface area contributed by atoms with E-state index in [1.807, 2.05) is 4.90 Å². The normalized spacial score (nSPS) is 25.2. The van der Waals surface area contributed by atoms with Crippen molar-refractivity contribution in [1.29, 1.82) is 0 Å². The highest BCUT2D eigenvalue weighted by Gasteiger charge is 2.29. The highest BCUT2D eigenvalue weighted by molar-refractivity contribution is 5.78. The highest BCUT2D eigenvalue weighted by Crippen LogP contribution is 2.19. The Morgan fingerprint density at radius 3 is 2.76 bits per heavy atom. The van der Waals surface area contributed by atoms with Crippen molar-refractivity contribution >= 4 is 5.91 Å². The summed E-state index contributed by atoms with van der Waals surface area (Å²) in [6.07, 6.45) is 2.50. The number of hydrogen-bond acceptors (Lipinski definition) is 5. The molecule has 1 amide bonds. The fraction of sp³-hybridized carbons (Fsp3) is 0.933. The molecule has 0 radical (unpaired) electrons. The van der Waals surface area contributed by atoms with Crippen molar-refractivity contribution in [2.24, 2.45) is 0 Å². The molecule has 2 heterocycles. The standard InChI is InChI=1S/C15H29N3O3/c1-13-12-18(8-10-21-13)14-3-6-17(7-4-14)15(19)11-16-5-9-20-2/h13-14,16H,3-12H2,1-2H3. The van der Waals surface area contributed by atoms with Gasteiger partial charge in [0.15, 0.2) is 0 Å². The Balaban J connectivity index is 1.66. The lowest BCUT2D eigenvalue weighted by atomic mass is 10.0. The lowest BCUT2D eigenvalue weighted by molar-refractivity contribution is -0.132. The Kier molecular flexibility index (Phi) is 6.89. The van der Waals surface area contributed by atoms with Crippen molar-refractivity contribution in [2.45, 2.75) is 31.9 Å². The Morgan fingerprint density at radius 2 is 2.10 bits per heavy atom. The first-order chi connectivity index (χ1) is 10.2. The summed E-state index contributed by atoms with van der Waals surface area (Å²) in [5, 5.41) is 3.12. The molecule has 0 aromatic carbocycles. The third kappa shape index (κ3) is 5.21. The number of carbonyl (C=O) groups excluding carboxylic acids is 1. The molecule has 0 saturated carbocycles. The lowest BCUT2D eigenvalue weighted by Gasteiger charge is -2.41. The van der Waals surface area contributed by atoms with Crippen LogP contribution in [-0.4, -0.2) is 87.4 Å². The van der Waals surface area contributed by atoms with Crippen LogP contribution in [0.25, 0.3) is 0 Å². The molecule has 0 spiro atoms. The number of nitrogens with one attached hydrogen (secondary N) is 1. The first-order valence-corrected chi connectivity index (χ1v) is 8.03. The molecule has 1 atom stereocenters. The highest BCUT2D eigenvalue weighted by atomic mass is 16.5. The summed E-state index contributed by atoms with van der Waals surface area (Å²) in [4.78, 5) is 16.6. The third-order valence-corrected chi connectivity index (χ3v) is 4.37. The van der Waals surface area contributed by atoms with E-state index in [2.05, 4.69) is 17.1 Å². The molecule has 2 fully saturated rings. The molecule has 6 nitrogen and oxygen atoms in total. The van der Waals surface area contributed by atoms with E-state index >= 15 is 0 Å². The summed E-state index contributed by atoms with van der Waals surface area (Å²) < 4.78 is 10.6. The van der Waals surface area contributed by atoms with Crippen molar-refractivity contribution in [3.8, 4) is 0 Å². The van der Waals surface area contributed by atoms with Gasteiger partial charge in [-0.3, -0.25) is 9.69 Å². The summed E-state index contributed by atoms with van der Waals surface area (Å²) in [5.74, 6) is 0.208. The number of carbonyl (C=O) groups is 1. The van der Waals surface area contributed by atoms with Crippen molar-refractivity contribution in [2.75, 3.05) is 59.6 Å².